The maximum absolute atomic E-state index is 11.9. The quantitative estimate of drug-likeness (QED) is 0.583. The Kier molecular flexibility index (Phi) is 6.73. The Morgan fingerprint density at radius 3 is 2.27 bits per heavy atom. The number of hydrogen-bond acceptors (Lipinski definition) is 5. The molecule has 0 radical (unpaired) electrons. The highest BCUT2D eigenvalue weighted by molar-refractivity contribution is 5.79. The summed E-state index contributed by atoms with van der Waals surface area (Å²) in [5.41, 5.74) is 1.54. The second-order valence-electron chi connectivity index (χ2n) is 5.56. The third kappa shape index (κ3) is 6.27. The molecule has 1 amide bonds. The van der Waals surface area contributed by atoms with Crippen molar-refractivity contribution in [1.29, 1.82) is 0 Å². The van der Waals surface area contributed by atoms with Crippen LogP contribution in [0.4, 0.5) is 4.79 Å². The van der Waals surface area contributed by atoms with E-state index in [1.54, 1.807) is 24.3 Å². The zero-order chi connectivity index (χ0) is 18.9. The predicted octanol–water partition coefficient (Wildman–Crippen LogP) is 2.53. The third-order valence-electron chi connectivity index (χ3n) is 3.42. The van der Waals surface area contributed by atoms with Crippen LogP contribution in [0.3, 0.4) is 0 Å². The predicted molar refractivity (Wildman–Crippen MR) is 92.6 cm³/mol. The number of amides is 1. The fraction of sp³-hybridized carbons (Fsp3) is 0.211. The van der Waals surface area contributed by atoms with Crippen molar-refractivity contribution in [3.63, 3.8) is 0 Å². The minimum atomic E-state index is -1.15. The van der Waals surface area contributed by atoms with Crippen molar-refractivity contribution < 1.29 is 29.0 Å². The summed E-state index contributed by atoms with van der Waals surface area (Å²) in [7, 11) is 0. The van der Waals surface area contributed by atoms with Crippen LogP contribution < -0.4 is 10.1 Å². The molecule has 2 aromatic carbocycles. The van der Waals surface area contributed by atoms with Crippen molar-refractivity contribution in [2.45, 2.75) is 26.0 Å². The summed E-state index contributed by atoms with van der Waals surface area (Å²) in [4.78, 5) is 34.0. The van der Waals surface area contributed by atoms with E-state index in [1.807, 2.05) is 30.3 Å². The van der Waals surface area contributed by atoms with Crippen molar-refractivity contribution in [3.05, 3.63) is 65.7 Å². The maximum Gasteiger partial charge on any atom is 0.408 e. The summed E-state index contributed by atoms with van der Waals surface area (Å²) in [6, 6.07) is 14.7. The normalized spacial score (nSPS) is 11.3. The molecule has 0 aromatic heterocycles. The van der Waals surface area contributed by atoms with Crippen LogP contribution in [0.15, 0.2) is 54.6 Å². The van der Waals surface area contributed by atoms with Gasteiger partial charge in [0.1, 0.15) is 18.4 Å². The van der Waals surface area contributed by atoms with E-state index in [2.05, 4.69) is 5.32 Å². The number of carbonyl (C=O) groups is 3. The Hall–Kier alpha value is -3.35. The van der Waals surface area contributed by atoms with E-state index >= 15 is 0 Å². The molecular formula is C19H19NO6. The van der Waals surface area contributed by atoms with Gasteiger partial charge in [0.25, 0.3) is 0 Å². The number of benzene rings is 2. The van der Waals surface area contributed by atoms with Gasteiger partial charge in [0.05, 0.1) is 6.42 Å². The maximum atomic E-state index is 11.9. The highest BCUT2D eigenvalue weighted by Crippen LogP contribution is 2.14. The zero-order valence-electron chi connectivity index (χ0n) is 14.2. The lowest BCUT2D eigenvalue weighted by molar-refractivity contribution is -0.139. The fourth-order valence-corrected chi connectivity index (χ4v) is 2.01. The summed E-state index contributed by atoms with van der Waals surface area (Å²) in [5.74, 6) is -1.13. The van der Waals surface area contributed by atoms with E-state index in [0.717, 1.165) is 5.56 Å². The molecule has 0 heterocycles. The van der Waals surface area contributed by atoms with Gasteiger partial charge >= 0.3 is 18.0 Å². The van der Waals surface area contributed by atoms with Crippen molar-refractivity contribution in [2.24, 2.45) is 0 Å². The minimum absolute atomic E-state index is 0.0313. The van der Waals surface area contributed by atoms with Gasteiger partial charge in [0, 0.05) is 0 Å². The van der Waals surface area contributed by atoms with E-state index in [1.165, 1.54) is 6.92 Å². The molecule has 2 N–H and O–H groups in total. The van der Waals surface area contributed by atoms with E-state index in [0.29, 0.717) is 11.3 Å². The van der Waals surface area contributed by atoms with Crippen LogP contribution in [0.5, 0.6) is 5.75 Å². The summed E-state index contributed by atoms with van der Waals surface area (Å²) >= 11 is 0. The molecule has 2 aromatic rings. The molecule has 0 aliphatic rings. The van der Waals surface area contributed by atoms with Crippen LogP contribution in [0.1, 0.15) is 18.1 Å². The van der Waals surface area contributed by atoms with Crippen molar-refractivity contribution >= 4 is 18.0 Å². The Morgan fingerprint density at radius 1 is 1.00 bits per heavy atom. The molecule has 0 fully saturated rings. The molecular weight excluding hydrogens is 338 g/mol. The topological polar surface area (TPSA) is 102 Å². The first-order chi connectivity index (χ1) is 12.4. The van der Waals surface area contributed by atoms with Gasteiger partial charge in [0.15, 0.2) is 0 Å². The summed E-state index contributed by atoms with van der Waals surface area (Å²) < 4.78 is 10.2. The minimum Gasteiger partial charge on any atom is -0.480 e. The molecule has 2 rings (SSSR count). The first-order valence-corrected chi connectivity index (χ1v) is 7.93. The monoisotopic (exact) mass is 357 g/mol. The number of esters is 1. The lowest BCUT2D eigenvalue weighted by Crippen LogP contribution is -2.38. The Morgan fingerprint density at radius 2 is 1.65 bits per heavy atom. The van der Waals surface area contributed by atoms with E-state index in [9.17, 15) is 14.4 Å². The third-order valence-corrected chi connectivity index (χ3v) is 3.42. The van der Waals surface area contributed by atoms with Crippen molar-refractivity contribution in [1.82, 2.24) is 5.32 Å². The number of nitrogens with one attached hydrogen (secondary N) is 1. The molecule has 7 nitrogen and oxygen atoms in total. The van der Waals surface area contributed by atoms with Gasteiger partial charge < -0.3 is 19.9 Å². The average Bonchev–Trinajstić information content (AvgIpc) is 2.61. The van der Waals surface area contributed by atoms with Gasteiger partial charge in [-0.05, 0) is 30.2 Å². The first kappa shape index (κ1) is 19.0. The Bertz CT molecular complexity index is 757. The highest BCUT2D eigenvalue weighted by atomic mass is 16.5. The van der Waals surface area contributed by atoms with Gasteiger partial charge in [-0.2, -0.15) is 0 Å². The van der Waals surface area contributed by atoms with Gasteiger partial charge in [-0.25, -0.2) is 4.79 Å². The lowest BCUT2D eigenvalue weighted by Gasteiger charge is -2.10. The lowest BCUT2D eigenvalue weighted by atomic mass is 10.1. The molecule has 0 bridgehead atoms. The number of carboxylic acids is 1. The number of carboxylic acid groups (broad SMARTS) is 1. The number of hydrogen-bond donors (Lipinski definition) is 2. The molecule has 7 heteroatoms. The highest BCUT2D eigenvalue weighted by Gasteiger charge is 2.14. The Labute approximate surface area is 150 Å². The molecule has 0 saturated carbocycles. The van der Waals surface area contributed by atoms with E-state index in [4.69, 9.17) is 14.6 Å². The number of ether oxygens (including phenoxy) is 2. The molecule has 0 saturated heterocycles. The van der Waals surface area contributed by atoms with Crippen LogP contribution in [0.2, 0.25) is 0 Å². The van der Waals surface area contributed by atoms with Gasteiger partial charge in [-0.1, -0.05) is 42.5 Å². The van der Waals surface area contributed by atoms with Gasteiger partial charge in [-0.3, -0.25) is 9.59 Å². The van der Waals surface area contributed by atoms with Crippen LogP contribution in [0.25, 0.3) is 0 Å². The van der Waals surface area contributed by atoms with Gasteiger partial charge in [-0.15, -0.1) is 0 Å². The van der Waals surface area contributed by atoms with E-state index in [-0.39, 0.29) is 19.0 Å². The molecule has 0 spiro atoms. The van der Waals surface area contributed by atoms with E-state index < -0.39 is 18.1 Å². The number of carbonyl (C=O) groups excluding carboxylic acids is 2. The molecule has 26 heavy (non-hydrogen) atoms. The van der Waals surface area contributed by atoms with Crippen LogP contribution in [-0.2, 0) is 27.4 Å². The molecule has 0 unspecified atom stereocenters. The number of aliphatic carboxylic acids is 1. The van der Waals surface area contributed by atoms with Crippen molar-refractivity contribution in [3.8, 4) is 5.75 Å². The summed E-state index contributed by atoms with van der Waals surface area (Å²) in [6.07, 6.45) is -0.647. The van der Waals surface area contributed by atoms with Gasteiger partial charge in [0.2, 0.25) is 0 Å². The van der Waals surface area contributed by atoms with Crippen molar-refractivity contribution in [2.75, 3.05) is 0 Å². The second-order valence-corrected chi connectivity index (χ2v) is 5.56. The summed E-state index contributed by atoms with van der Waals surface area (Å²) in [5, 5.41) is 10.9. The number of alkyl carbamates (subject to hydrolysis) is 1. The molecule has 1 atom stereocenters. The van der Waals surface area contributed by atoms with Crippen LogP contribution in [0, 0.1) is 0 Å². The largest absolute Gasteiger partial charge is 0.480 e. The summed E-state index contributed by atoms with van der Waals surface area (Å²) in [6.45, 7) is 1.30. The smallest absolute Gasteiger partial charge is 0.408 e. The molecule has 0 aliphatic carbocycles. The zero-order valence-corrected chi connectivity index (χ0v) is 14.2. The SMILES string of the molecule is C[C@H](NC(=O)OCc1ccc(OC(=O)Cc2ccccc2)cc1)C(=O)O. The molecule has 136 valence electrons. The standard InChI is InChI=1S/C19H19NO6/c1-13(18(22)23)20-19(24)25-12-15-7-9-16(10-8-15)26-17(21)11-14-5-3-2-4-6-14/h2-10,13H,11-12H2,1H3,(H,20,24)(H,22,23)/t13-/m0/s1. The van der Waals surface area contributed by atoms with Crippen LogP contribution >= 0.6 is 0 Å². The average molecular weight is 357 g/mol. The fourth-order valence-electron chi connectivity index (χ4n) is 2.01. The number of rotatable bonds is 7. The Balaban J connectivity index is 1.79. The van der Waals surface area contributed by atoms with Crippen LogP contribution in [-0.4, -0.2) is 29.2 Å². The second kappa shape index (κ2) is 9.22. The first-order valence-electron chi connectivity index (χ1n) is 7.93. The molecule has 0 aliphatic heterocycles.